The van der Waals surface area contributed by atoms with Crippen molar-refractivity contribution in [3.8, 4) is 11.5 Å². The number of thiophene rings is 1. The van der Waals surface area contributed by atoms with Crippen molar-refractivity contribution in [2.24, 2.45) is 0 Å². The fourth-order valence-corrected chi connectivity index (χ4v) is 4.86. The number of aromatic nitrogens is 2. The van der Waals surface area contributed by atoms with Crippen LogP contribution in [0.5, 0.6) is 11.5 Å². The molecule has 1 aliphatic rings. The van der Waals surface area contributed by atoms with E-state index >= 15 is 0 Å². The molecular weight excluding hydrogens is 410 g/mol. The summed E-state index contributed by atoms with van der Waals surface area (Å²) in [5.74, 6) is 2.39. The van der Waals surface area contributed by atoms with Crippen molar-refractivity contribution in [2.45, 2.75) is 38.3 Å². The van der Waals surface area contributed by atoms with E-state index in [9.17, 15) is 9.59 Å². The van der Waals surface area contributed by atoms with E-state index in [-0.39, 0.29) is 23.5 Å². The second-order valence-electron chi connectivity index (χ2n) is 6.83. The predicted octanol–water partition coefficient (Wildman–Crippen LogP) is 3.27. The third-order valence-electron chi connectivity index (χ3n) is 4.83. The number of nitrogens with zero attached hydrogens (tertiary/aromatic N) is 1. The largest absolute Gasteiger partial charge is 0.454 e. The molecule has 0 spiro atoms. The van der Waals surface area contributed by atoms with Crippen LogP contribution in [-0.4, -0.2) is 27.9 Å². The lowest BCUT2D eigenvalue weighted by Crippen LogP contribution is -2.30. The third kappa shape index (κ3) is 4.11. The summed E-state index contributed by atoms with van der Waals surface area (Å²) in [4.78, 5) is 34.0. The average Bonchev–Trinajstić information content (AvgIpc) is 3.28. The van der Waals surface area contributed by atoms with E-state index in [2.05, 4.69) is 15.3 Å². The van der Waals surface area contributed by atoms with Crippen LogP contribution in [0.1, 0.15) is 28.8 Å². The molecule has 1 atom stereocenters. The first-order valence-electron chi connectivity index (χ1n) is 9.19. The van der Waals surface area contributed by atoms with Gasteiger partial charge in [-0.1, -0.05) is 6.07 Å². The Balaban J connectivity index is 1.34. The summed E-state index contributed by atoms with van der Waals surface area (Å²) in [7, 11) is 0. The molecule has 4 rings (SSSR count). The van der Waals surface area contributed by atoms with Crippen molar-refractivity contribution in [3.63, 3.8) is 0 Å². The van der Waals surface area contributed by atoms with Gasteiger partial charge in [0.15, 0.2) is 11.5 Å². The van der Waals surface area contributed by atoms with Gasteiger partial charge in [-0.3, -0.25) is 9.59 Å². The molecule has 1 unspecified atom stereocenters. The molecule has 9 heteroatoms. The Hall–Kier alpha value is -2.52. The molecule has 0 radical (unpaired) electrons. The van der Waals surface area contributed by atoms with E-state index in [4.69, 9.17) is 9.47 Å². The van der Waals surface area contributed by atoms with Crippen molar-refractivity contribution in [1.29, 1.82) is 0 Å². The smallest absolute Gasteiger partial charge is 0.259 e. The number of aryl methyl sites for hydroxylation is 2. The minimum absolute atomic E-state index is 0.0705. The molecule has 0 bridgehead atoms. The summed E-state index contributed by atoms with van der Waals surface area (Å²) in [6, 6.07) is 5.62. The number of hydrogen-bond donors (Lipinski definition) is 2. The number of hydrogen-bond acceptors (Lipinski definition) is 7. The number of carbonyl (C=O) groups excluding carboxylic acids is 1. The topological polar surface area (TPSA) is 93.3 Å². The van der Waals surface area contributed by atoms with E-state index in [0.29, 0.717) is 29.3 Å². The number of thioether (sulfide) groups is 1. The van der Waals surface area contributed by atoms with Crippen molar-refractivity contribution < 1.29 is 14.3 Å². The molecule has 0 fully saturated rings. The van der Waals surface area contributed by atoms with Crippen LogP contribution in [0.3, 0.4) is 0 Å². The minimum atomic E-state index is -0.281. The van der Waals surface area contributed by atoms with Crippen LogP contribution >= 0.6 is 23.1 Å². The number of rotatable bonds is 6. The highest BCUT2D eigenvalue weighted by molar-refractivity contribution is 7.99. The van der Waals surface area contributed by atoms with Gasteiger partial charge in [-0.05, 0) is 44.0 Å². The van der Waals surface area contributed by atoms with Crippen LogP contribution in [0.15, 0.2) is 23.0 Å². The monoisotopic (exact) mass is 431 g/mol. The number of aromatic amines is 1. The fourth-order valence-electron chi connectivity index (χ4n) is 3.03. The van der Waals surface area contributed by atoms with Gasteiger partial charge in [0.25, 0.3) is 5.56 Å². The van der Waals surface area contributed by atoms with Gasteiger partial charge in [-0.15, -0.1) is 23.1 Å². The number of fused-ring (bicyclic) bond motifs is 2. The van der Waals surface area contributed by atoms with Gasteiger partial charge < -0.3 is 19.8 Å². The van der Waals surface area contributed by atoms with E-state index < -0.39 is 0 Å². The van der Waals surface area contributed by atoms with Crippen LogP contribution in [-0.2, 0) is 17.1 Å². The number of benzene rings is 1. The molecule has 3 aromatic rings. The van der Waals surface area contributed by atoms with Crippen molar-refractivity contribution in [3.05, 3.63) is 50.4 Å². The van der Waals surface area contributed by atoms with Gasteiger partial charge in [-0.2, -0.15) is 0 Å². The third-order valence-corrected chi connectivity index (χ3v) is 7.09. The number of carbonyl (C=O) groups is 1. The SMILES string of the molecule is Cc1sc2nc(CSC(C)C(=O)NCc3ccc4c(c3)OCO4)[nH]c(=O)c2c1C. The normalized spacial score (nSPS) is 13.6. The molecule has 7 nitrogen and oxygen atoms in total. The molecule has 1 amide bonds. The quantitative estimate of drug-likeness (QED) is 0.622. The van der Waals surface area contributed by atoms with Crippen molar-refractivity contribution in [1.82, 2.24) is 15.3 Å². The Morgan fingerprint density at radius 2 is 2.14 bits per heavy atom. The van der Waals surface area contributed by atoms with E-state index in [1.54, 1.807) is 0 Å². The summed E-state index contributed by atoms with van der Waals surface area (Å²) >= 11 is 2.96. The molecule has 1 aromatic carbocycles. The highest BCUT2D eigenvalue weighted by Crippen LogP contribution is 2.32. The zero-order valence-corrected chi connectivity index (χ0v) is 18.0. The number of nitrogens with one attached hydrogen (secondary N) is 2. The molecule has 3 heterocycles. The number of ether oxygens (including phenoxy) is 2. The molecule has 0 aliphatic carbocycles. The highest BCUT2D eigenvalue weighted by atomic mass is 32.2. The van der Waals surface area contributed by atoms with Crippen LogP contribution < -0.4 is 20.3 Å². The molecule has 2 aromatic heterocycles. The maximum Gasteiger partial charge on any atom is 0.259 e. The maximum atomic E-state index is 12.4. The molecule has 0 saturated heterocycles. The number of amides is 1. The summed E-state index contributed by atoms with van der Waals surface area (Å²) in [6.07, 6.45) is 0. The van der Waals surface area contributed by atoms with Crippen LogP contribution in [0, 0.1) is 13.8 Å². The average molecular weight is 432 g/mol. The summed E-state index contributed by atoms with van der Waals surface area (Å²) < 4.78 is 10.6. The lowest BCUT2D eigenvalue weighted by atomic mass is 10.2. The van der Waals surface area contributed by atoms with E-state index in [0.717, 1.165) is 26.6 Å². The van der Waals surface area contributed by atoms with Crippen LogP contribution in [0.4, 0.5) is 0 Å². The van der Waals surface area contributed by atoms with E-state index in [1.165, 1.54) is 23.1 Å². The van der Waals surface area contributed by atoms with Gasteiger partial charge in [0, 0.05) is 11.4 Å². The summed E-state index contributed by atoms with van der Waals surface area (Å²) in [6.45, 7) is 6.41. The Morgan fingerprint density at radius 3 is 2.97 bits per heavy atom. The molecular formula is C20H21N3O4S2. The maximum absolute atomic E-state index is 12.4. The molecule has 2 N–H and O–H groups in total. The van der Waals surface area contributed by atoms with E-state index in [1.807, 2.05) is 39.0 Å². The lowest BCUT2D eigenvalue weighted by Gasteiger charge is -2.12. The molecule has 1 aliphatic heterocycles. The van der Waals surface area contributed by atoms with Gasteiger partial charge in [0.2, 0.25) is 12.7 Å². The van der Waals surface area contributed by atoms with Crippen molar-refractivity contribution >= 4 is 39.2 Å². The van der Waals surface area contributed by atoms with Gasteiger partial charge in [-0.25, -0.2) is 4.98 Å². The Kier molecular flexibility index (Phi) is 5.51. The zero-order valence-electron chi connectivity index (χ0n) is 16.3. The summed E-state index contributed by atoms with van der Waals surface area (Å²) in [5, 5.41) is 3.31. The minimum Gasteiger partial charge on any atom is -0.454 e. The zero-order chi connectivity index (χ0) is 20.5. The second-order valence-corrected chi connectivity index (χ2v) is 9.37. The first-order valence-corrected chi connectivity index (χ1v) is 11.1. The fraction of sp³-hybridized carbons (Fsp3) is 0.350. The second kappa shape index (κ2) is 8.08. The first-order chi connectivity index (χ1) is 13.9. The lowest BCUT2D eigenvalue weighted by molar-refractivity contribution is -0.120. The molecule has 29 heavy (non-hydrogen) atoms. The van der Waals surface area contributed by atoms with Crippen LogP contribution in [0.2, 0.25) is 0 Å². The first kappa shape index (κ1) is 19.8. The predicted molar refractivity (Wildman–Crippen MR) is 115 cm³/mol. The Morgan fingerprint density at radius 1 is 1.34 bits per heavy atom. The summed E-state index contributed by atoms with van der Waals surface area (Å²) in [5.41, 5.74) is 1.81. The highest BCUT2D eigenvalue weighted by Gasteiger charge is 2.17. The Labute approximate surface area is 175 Å². The van der Waals surface area contributed by atoms with Crippen molar-refractivity contribution in [2.75, 3.05) is 6.79 Å². The standard InChI is InChI=1S/C20H21N3O4S2/c1-10-11(2)29-20-17(10)19(25)22-16(23-20)8-28-12(3)18(24)21-7-13-4-5-14-15(6-13)27-9-26-14/h4-6,12H,7-9H2,1-3H3,(H,21,24)(H,22,23,25). The van der Waals surface area contributed by atoms with Gasteiger partial charge >= 0.3 is 0 Å². The molecule has 152 valence electrons. The Bertz CT molecular complexity index is 1140. The molecule has 0 saturated carbocycles. The van der Waals surface area contributed by atoms with Crippen LogP contribution in [0.25, 0.3) is 10.2 Å². The van der Waals surface area contributed by atoms with Gasteiger partial charge in [0.05, 0.1) is 16.4 Å². The number of H-pyrrole nitrogens is 1. The van der Waals surface area contributed by atoms with Gasteiger partial charge in [0.1, 0.15) is 10.7 Å².